The van der Waals surface area contributed by atoms with Gasteiger partial charge in [-0.05, 0) is 74.0 Å². The van der Waals surface area contributed by atoms with Crippen molar-refractivity contribution in [2.75, 3.05) is 0 Å². The number of benzene rings is 5. The van der Waals surface area contributed by atoms with E-state index in [1.54, 1.807) is 0 Å². The monoisotopic (exact) mass is 501 g/mol. The quantitative estimate of drug-likeness (QED) is 0.229. The zero-order chi connectivity index (χ0) is 26.1. The Balaban J connectivity index is 1.46. The van der Waals surface area contributed by atoms with Crippen molar-refractivity contribution in [3.8, 4) is 17.1 Å². The summed E-state index contributed by atoms with van der Waals surface area (Å²) in [7, 11) is 0. The van der Waals surface area contributed by atoms with Crippen LogP contribution in [0.15, 0.2) is 128 Å². The van der Waals surface area contributed by atoms with Crippen LogP contribution in [-0.4, -0.2) is 13.7 Å². The Kier molecular flexibility index (Phi) is 4.65. The molecule has 0 amide bonds. The van der Waals surface area contributed by atoms with Crippen LogP contribution < -0.4 is 0 Å². The second-order valence-corrected chi connectivity index (χ2v) is 10.5. The largest absolute Gasteiger partial charge is 0.321 e. The highest BCUT2D eigenvalue weighted by atomic mass is 15.0. The van der Waals surface area contributed by atoms with Crippen LogP contribution in [0, 0.1) is 13.8 Å². The first-order valence-corrected chi connectivity index (χ1v) is 13.5. The second-order valence-electron chi connectivity index (χ2n) is 10.5. The smallest absolute Gasteiger partial charge is 0.0561 e. The Bertz CT molecular complexity index is 2190. The molecule has 0 radical (unpaired) electrons. The summed E-state index contributed by atoms with van der Waals surface area (Å²) < 4.78 is 7.10. The molecule has 0 spiro atoms. The van der Waals surface area contributed by atoms with E-state index in [1.807, 2.05) is 0 Å². The minimum Gasteiger partial charge on any atom is -0.321 e. The van der Waals surface area contributed by atoms with Crippen molar-refractivity contribution < 1.29 is 0 Å². The molecule has 3 heterocycles. The van der Waals surface area contributed by atoms with Crippen LogP contribution in [0.4, 0.5) is 0 Å². The molecule has 39 heavy (non-hydrogen) atoms. The van der Waals surface area contributed by atoms with Gasteiger partial charge in [-0.25, -0.2) is 0 Å². The first-order valence-electron chi connectivity index (χ1n) is 13.5. The van der Waals surface area contributed by atoms with E-state index in [0.717, 1.165) is 5.69 Å². The number of hydrogen-bond acceptors (Lipinski definition) is 0. The minimum absolute atomic E-state index is 1.16. The fourth-order valence-electron chi connectivity index (χ4n) is 6.36. The maximum absolute atomic E-state index is 2.42. The summed E-state index contributed by atoms with van der Waals surface area (Å²) in [6.07, 6.45) is 2.22. The molecule has 0 unspecified atom stereocenters. The van der Waals surface area contributed by atoms with E-state index >= 15 is 0 Å². The van der Waals surface area contributed by atoms with E-state index in [9.17, 15) is 0 Å². The van der Waals surface area contributed by atoms with Crippen LogP contribution in [0.2, 0.25) is 0 Å². The van der Waals surface area contributed by atoms with Crippen LogP contribution in [0.5, 0.6) is 0 Å². The standard InChI is InChI=1S/C36H27N3/c1-24-20-25(2)37(23-24)27-16-18-31-30-13-7-9-15-34(30)39(35(31)21-27)28-17-19-32-29-12-6-8-14-33(29)38(36(32)22-28)26-10-4-3-5-11-26/h3-23H,1-2H3. The number of aryl methyl sites for hydroxylation is 2. The summed E-state index contributed by atoms with van der Waals surface area (Å²) >= 11 is 0. The third-order valence-corrected chi connectivity index (χ3v) is 8.01. The van der Waals surface area contributed by atoms with Gasteiger partial charge in [-0.2, -0.15) is 0 Å². The normalized spacial score (nSPS) is 11.8. The summed E-state index contributed by atoms with van der Waals surface area (Å²) in [5, 5.41) is 5.06. The highest BCUT2D eigenvalue weighted by Crippen LogP contribution is 2.37. The van der Waals surface area contributed by atoms with Gasteiger partial charge in [-0.15, -0.1) is 0 Å². The lowest BCUT2D eigenvalue weighted by molar-refractivity contribution is 1.01. The Morgan fingerprint density at radius 3 is 1.54 bits per heavy atom. The molecule has 3 heteroatoms. The molecule has 3 aromatic heterocycles. The average molecular weight is 502 g/mol. The molecular formula is C36H27N3. The van der Waals surface area contributed by atoms with E-state index in [-0.39, 0.29) is 0 Å². The molecule has 0 aliphatic heterocycles. The van der Waals surface area contributed by atoms with Gasteiger partial charge in [0, 0.05) is 50.5 Å². The lowest BCUT2D eigenvalue weighted by atomic mass is 10.1. The van der Waals surface area contributed by atoms with Gasteiger partial charge in [0.1, 0.15) is 0 Å². The molecule has 186 valence electrons. The van der Waals surface area contributed by atoms with E-state index in [0.29, 0.717) is 0 Å². The molecule has 0 fully saturated rings. The van der Waals surface area contributed by atoms with Crippen molar-refractivity contribution in [1.29, 1.82) is 0 Å². The van der Waals surface area contributed by atoms with Gasteiger partial charge < -0.3 is 13.7 Å². The van der Waals surface area contributed by atoms with Crippen LogP contribution in [0.1, 0.15) is 11.3 Å². The average Bonchev–Trinajstić information content (AvgIpc) is 3.61. The molecule has 0 bridgehead atoms. The van der Waals surface area contributed by atoms with Crippen molar-refractivity contribution in [2.24, 2.45) is 0 Å². The predicted molar refractivity (Wildman–Crippen MR) is 164 cm³/mol. The van der Waals surface area contributed by atoms with Gasteiger partial charge in [0.2, 0.25) is 0 Å². The van der Waals surface area contributed by atoms with Gasteiger partial charge in [0.25, 0.3) is 0 Å². The molecule has 3 nitrogen and oxygen atoms in total. The van der Waals surface area contributed by atoms with Crippen molar-refractivity contribution in [3.05, 3.63) is 139 Å². The highest BCUT2D eigenvalue weighted by molar-refractivity contribution is 6.12. The Labute approximate surface area is 226 Å². The number of nitrogens with zero attached hydrogens (tertiary/aromatic N) is 3. The summed E-state index contributed by atoms with van der Waals surface area (Å²) in [4.78, 5) is 0. The Hall–Kier alpha value is -5.02. The molecule has 0 aliphatic rings. The zero-order valence-electron chi connectivity index (χ0n) is 22.0. The number of hydrogen-bond donors (Lipinski definition) is 0. The number of rotatable bonds is 3. The van der Waals surface area contributed by atoms with Crippen molar-refractivity contribution in [1.82, 2.24) is 13.7 Å². The molecular weight excluding hydrogens is 474 g/mol. The zero-order valence-corrected chi connectivity index (χ0v) is 22.0. The molecule has 5 aromatic carbocycles. The molecule has 8 rings (SSSR count). The first kappa shape index (κ1) is 22.0. The maximum Gasteiger partial charge on any atom is 0.0561 e. The Morgan fingerprint density at radius 1 is 0.410 bits per heavy atom. The van der Waals surface area contributed by atoms with Crippen LogP contribution in [0.25, 0.3) is 60.7 Å². The van der Waals surface area contributed by atoms with Crippen molar-refractivity contribution >= 4 is 43.6 Å². The van der Waals surface area contributed by atoms with Crippen molar-refractivity contribution in [3.63, 3.8) is 0 Å². The molecule has 0 aliphatic carbocycles. The summed E-state index contributed by atoms with van der Waals surface area (Å²) in [5.41, 5.74) is 10.9. The third-order valence-electron chi connectivity index (χ3n) is 8.01. The van der Waals surface area contributed by atoms with E-state index < -0.39 is 0 Å². The highest BCUT2D eigenvalue weighted by Gasteiger charge is 2.17. The number of fused-ring (bicyclic) bond motifs is 6. The third kappa shape index (κ3) is 3.23. The number of para-hydroxylation sites is 3. The maximum atomic E-state index is 2.42. The van der Waals surface area contributed by atoms with E-state index in [4.69, 9.17) is 0 Å². The first-order chi connectivity index (χ1) is 19.2. The van der Waals surface area contributed by atoms with E-state index in [2.05, 4.69) is 155 Å². The Morgan fingerprint density at radius 2 is 0.923 bits per heavy atom. The lowest BCUT2D eigenvalue weighted by Gasteiger charge is -2.12. The van der Waals surface area contributed by atoms with Gasteiger partial charge in [0.05, 0.1) is 22.1 Å². The second kappa shape index (κ2) is 8.24. The summed E-state index contributed by atoms with van der Waals surface area (Å²) in [6, 6.07) is 44.1. The predicted octanol–water partition coefficient (Wildman–Crippen LogP) is 9.29. The van der Waals surface area contributed by atoms with Crippen LogP contribution in [-0.2, 0) is 0 Å². The van der Waals surface area contributed by atoms with Gasteiger partial charge in [0.15, 0.2) is 0 Å². The van der Waals surface area contributed by atoms with Crippen molar-refractivity contribution in [2.45, 2.75) is 13.8 Å². The molecule has 0 saturated heterocycles. The van der Waals surface area contributed by atoms with E-state index in [1.165, 1.54) is 66.2 Å². The fourth-order valence-corrected chi connectivity index (χ4v) is 6.36. The van der Waals surface area contributed by atoms with Crippen LogP contribution >= 0.6 is 0 Å². The number of aromatic nitrogens is 3. The minimum atomic E-state index is 1.16. The lowest BCUT2D eigenvalue weighted by Crippen LogP contribution is -1.98. The van der Waals surface area contributed by atoms with Gasteiger partial charge in [-0.3, -0.25) is 0 Å². The van der Waals surface area contributed by atoms with Gasteiger partial charge >= 0.3 is 0 Å². The molecule has 8 aromatic rings. The summed E-state index contributed by atoms with van der Waals surface area (Å²) in [6.45, 7) is 4.32. The van der Waals surface area contributed by atoms with Gasteiger partial charge in [-0.1, -0.05) is 66.7 Å². The molecule has 0 atom stereocenters. The summed E-state index contributed by atoms with van der Waals surface area (Å²) in [5.74, 6) is 0. The molecule has 0 N–H and O–H groups in total. The SMILES string of the molecule is Cc1cc(C)n(-c2ccc3c4ccccc4n(-c4ccc5c6ccccc6n(-c6ccccc6)c5c4)c3c2)c1. The molecule has 0 saturated carbocycles. The topological polar surface area (TPSA) is 14.8 Å². The van der Waals surface area contributed by atoms with Crippen LogP contribution in [0.3, 0.4) is 0 Å². The fraction of sp³-hybridized carbons (Fsp3) is 0.0556.